The van der Waals surface area contributed by atoms with E-state index in [-0.39, 0.29) is 0 Å². The highest BCUT2D eigenvalue weighted by Crippen LogP contribution is 2.09. The third-order valence-corrected chi connectivity index (χ3v) is 2.53. The molecule has 80 valence electrons. The van der Waals surface area contributed by atoms with E-state index >= 15 is 0 Å². The van der Waals surface area contributed by atoms with Crippen LogP contribution in [0.2, 0.25) is 0 Å². The molecule has 1 heterocycles. The lowest BCUT2D eigenvalue weighted by Gasteiger charge is -2.31. The number of nitrogens with zero attached hydrogens (tertiary/aromatic N) is 2. The Kier molecular flexibility index (Phi) is 4.71. The van der Waals surface area contributed by atoms with E-state index in [9.17, 15) is 0 Å². The highest BCUT2D eigenvalue weighted by atomic mass is 15.2. The molecule has 1 aliphatic heterocycles. The molecule has 0 spiro atoms. The van der Waals surface area contributed by atoms with Crippen LogP contribution < -0.4 is 0 Å². The van der Waals surface area contributed by atoms with Crippen molar-refractivity contribution in [1.82, 2.24) is 4.90 Å². The molecule has 14 heavy (non-hydrogen) atoms. The van der Waals surface area contributed by atoms with Crippen molar-refractivity contribution in [3.63, 3.8) is 0 Å². The molecule has 0 aromatic rings. The first-order chi connectivity index (χ1) is 6.75. The van der Waals surface area contributed by atoms with Gasteiger partial charge in [-0.3, -0.25) is 4.99 Å². The Morgan fingerprint density at radius 3 is 2.86 bits per heavy atom. The molecule has 2 nitrogen and oxygen atoms in total. The second kappa shape index (κ2) is 5.84. The molecule has 0 aromatic carbocycles. The van der Waals surface area contributed by atoms with Gasteiger partial charge in [0.2, 0.25) is 0 Å². The van der Waals surface area contributed by atoms with E-state index < -0.39 is 0 Å². The summed E-state index contributed by atoms with van der Waals surface area (Å²) in [4.78, 5) is 7.05. The fourth-order valence-corrected chi connectivity index (χ4v) is 1.63. The summed E-state index contributed by atoms with van der Waals surface area (Å²) in [5.74, 6) is 1.27. The summed E-state index contributed by atoms with van der Waals surface area (Å²) in [6, 6.07) is 0.570. The molecule has 0 fully saturated rings. The van der Waals surface area contributed by atoms with Crippen LogP contribution in [0.15, 0.2) is 17.1 Å². The van der Waals surface area contributed by atoms with Crippen LogP contribution in [0.5, 0.6) is 0 Å². The van der Waals surface area contributed by atoms with Crippen LogP contribution in [0.25, 0.3) is 0 Å². The van der Waals surface area contributed by atoms with E-state index in [0.717, 1.165) is 19.5 Å². The zero-order valence-corrected chi connectivity index (χ0v) is 9.66. The van der Waals surface area contributed by atoms with Crippen LogP contribution in [0.4, 0.5) is 0 Å². The van der Waals surface area contributed by atoms with Gasteiger partial charge in [-0.25, -0.2) is 0 Å². The molecule has 0 atom stereocenters. The first-order valence-electron chi connectivity index (χ1n) is 5.70. The van der Waals surface area contributed by atoms with Crippen LogP contribution in [0, 0.1) is 0 Å². The molecule has 0 unspecified atom stereocenters. The molecule has 1 aliphatic rings. The third-order valence-electron chi connectivity index (χ3n) is 2.53. The normalized spacial score (nSPS) is 19.7. The van der Waals surface area contributed by atoms with Gasteiger partial charge in [0.15, 0.2) is 0 Å². The highest BCUT2D eigenvalue weighted by Gasteiger charge is 2.14. The summed E-state index contributed by atoms with van der Waals surface area (Å²) in [6.45, 7) is 8.69. The minimum Gasteiger partial charge on any atom is -0.354 e. The maximum atomic E-state index is 4.67. The van der Waals surface area contributed by atoms with E-state index in [1.165, 1.54) is 18.7 Å². The minimum atomic E-state index is 0.570. The van der Waals surface area contributed by atoms with Crippen LogP contribution in [0.1, 0.15) is 40.0 Å². The van der Waals surface area contributed by atoms with Gasteiger partial charge in [0.25, 0.3) is 0 Å². The monoisotopic (exact) mass is 194 g/mol. The fraction of sp³-hybridized carbons (Fsp3) is 0.750. The Hall–Kier alpha value is -0.790. The molecule has 0 saturated heterocycles. The van der Waals surface area contributed by atoms with Crippen molar-refractivity contribution in [3.05, 3.63) is 12.2 Å². The van der Waals surface area contributed by atoms with Gasteiger partial charge in [-0.2, -0.15) is 0 Å². The first kappa shape index (κ1) is 11.3. The SMILES string of the molecule is CCCCN=C1CC=CCN1C(C)C. The summed E-state index contributed by atoms with van der Waals surface area (Å²) in [5.41, 5.74) is 0. The average molecular weight is 194 g/mol. The van der Waals surface area contributed by atoms with E-state index in [1.54, 1.807) is 0 Å². The van der Waals surface area contributed by atoms with Crippen molar-refractivity contribution in [2.45, 2.75) is 46.1 Å². The standard InChI is InChI=1S/C12H22N2/c1-4-5-9-13-12-8-6-7-10-14(12)11(2)3/h6-7,11H,4-5,8-10H2,1-3H3. The van der Waals surface area contributed by atoms with Crippen molar-refractivity contribution < 1.29 is 0 Å². The average Bonchev–Trinajstić information content (AvgIpc) is 2.19. The minimum absolute atomic E-state index is 0.570. The lowest BCUT2D eigenvalue weighted by molar-refractivity contribution is 0.371. The fourth-order valence-electron chi connectivity index (χ4n) is 1.63. The number of hydrogen-bond donors (Lipinski definition) is 0. The maximum absolute atomic E-state index is 4.67. The van der Waals surface area contributed by atoms with Gasteiger partial charge in [0, 0.05) is 25.6 Å². The van der Waals surface area contributed by atoms with Crippen LogP contribution >= 0.6 is 0 Å². The molecule has 1 rings (SSSR count). The maximum Gasteiger partial charge on any atom is 0.103 e. The third kappa shape index (κ3) is 3.17. The molecule has 0 amide bonds. The lowest BCUT2D eigenvalue weighted by Crippen LogP contribution is -2.38. The second-order valence-corrected chi connectivity index (χ2v) is 4.07. The van der Waals surface area contributed by atoms with Crippen LogP contribution in [0.3, 0.4) is 0 Å². The molecule has 0 aliphatic carbocycles. The van der Waals surface area contributed by atoms with Crippen LogP contribution in [-0.4, -0.2) is 29.9 Å². The number of rotatable bonds is 4. The summed E-state index contributed by atoms with van der Waals surface area (Å²) in [7, 11) is 0. The van der Waals surface area contributed by atoms with Gasteiger partial charge in [-0.1, -0.05) is 25.5 Å². The molecular weight excluding hydrogens is 172 g/mol. The van der Waals surface area contributed by atoms with Crippen LogP contribution in [-0.2, 0) is 0 Å². The molecule has 0 N–H and O–H groups in total. The van der Waals surface area contributed by atoms with Gasteiger partial charge in [-0.05, 0) is 20.3 Å². The molecule has 0 aromatic heterocycles. The first-order valence-corrected chi connectivity index (χ1v) is 5.70. The van der Waals surface area contributed by atoms with Gasteiger partial charge >= 0.3 is 0 Å². The zero-order valence-electron chi connectivity index (χ0n) is 9.66. The summed E-state index contributed by atoms with van der Waals surface area (Å²) >= 11 is 0. The number of aliphatic imine (C=N–C) groups is 1. The Balaban J connectivity index is 2.55. The van der Waals surface area contributed by atoms with Crippen molar-refractivity contribution in [2.24, 2.45) is 4.99 Å². The second-order valence-electron chi connectivity index (χ2n) is 4.07. The van der Waals surface area contributed by atoms with E-state index in [0.29, 0.717) is 6.04 Å². The molecule has 0 radical (unpaired) electrons. The van der Waals surface area contributed by atoms with Crippen molar-refractivity contribution >= 4 is 5.84 Å². The number of hydrogen-bond acceptors (Lipinski definition) is 1. The molecule has 2 heteroatoms. The van der Waals surface area contributed by atoms with Gasteiger partial charge in [0.05, 0.1) is 0 Å². The summed E-state index contributed by atoms with van der Waals surface area (Å²) < 4.78 is 0. The Labute approximate surface area is 87.7 Å². The van der Waals surface area contributed by atoms with Gasteiger partial charge < -0.3 is 4.90 Å². The highest BCUT2D eigenvalue weighted by molar-refractivity contribution is 5.85. The van der Waals surface area contributed by atoms with Crippen molar-refractivity contribution in [1.29, 1.82) is 0 Å². The van der Waals surface area contributed by atoms with E-state index in [1.807, 2.05) is 0 Å². The van der Waals surface area contributed by atoms with Gasteiger partial charge in [-0.15, -0.1) is 0 Å². The zero-order chi connectivity index (χ0) is 10.4. The van der Waals surface area contributed by atoms with Crippen molar-refractivity contribution in [3.8, 4) is 0 Å². The lowest BCUT2D eigenvalue weighted by atomic mass is 10.2. The van der Waals surface area contributed by atoms with E-state index in [4.69, 9.17) is 0 Å². The number of unbranched alkanes of at least 4 members (excludes halogenated alkanes) is 1. The van der Waals surface area contributed by atoms with Gasteiger partial charge in [0.1, 0.15) is 5.84 Å². The molecule has 0 bridgehead atoms. The summed E-state index contributed by atoms with van der Waals surface area (Å²) in [5, 5.41) is 0. The predicted octanol–water partition coefficient (Wildman–Crippen LogP) is 2.86. The molecule has 0 saturated carbocycles. The number of amidine groups is 1. The quantitative estimate of drug-likeness (QED) is 0.496. The molecular formula is C12H22N2. The largest absolute Gasteiger partial charge is 0.354 e. The summed E-state index contributed by atoms with van der Waals surface area (Å²) in [6.07, 6.45) is 7.91. The Bertz CT molecular complexity index is 216. The Morgan fingerprint density at radius 1 is 1.43 bits per heavy atom. The van der Waals surface area contributed by atoms with E-state index in [2.05, 4.69) is 42.8 Å². The predicted molar refractivity (Wildman–Crippen MR) is 62.8 cm³/mol. The Morgan fingerprint density at radius 2 is 2.21 bits per heavy atom. The van der Waals surface area contributed by atoms with Crippen molar-refractivity contribution in [2.75, 3.05) is 13.1 Å². The topological polar surface area (TPSA) is 15.6 Å². The smallest absolute Gasteiger partial charge is 0.103 e.